The van der Waals surface area contributed by atoms with Gasteiger partial charge in [0.15, 0.2) is 0 Å². The van der Waals surface area contributed by atoms with Crippen molar-refractivity contribution >= 4 is 5.97 Å². The smallest absolute Gasteiger partial charge is 0.323 e. The van der Waals surface area contributed by atoms with Crippen molar-refractivity contribution in [3.63, 3.8) is 0 Å². The van der Waals surface area contributed by atoms with Crippen LogP contribution in [0.2, 0.25) is 0 Å². The molecule has 0 radical (unpaired) electrons. The molecule has 84 valence electrons. The van der Waals surface area contributed by atoms with E-state index in [-0.39, 0.29) is 5.97 Å². The maximum atomic E-state index is 11.2. The largest absolute Gasteiger partial charge is 0.465 e. The maximum Gasteiger partial charge on any atom is 0.323 e. The van der Waals surface area contributed by atoms with Crippen LogP contribution in [0.25, 0.3) is 0 Å². The predicted molar refractivity (Wildman–Crippen MR) is 56.3 cm³/mol. The van der Waals surface area contributed by atoms with E-state index in [9.17, 15) is 4.79 Å². The number of imidazole rings is 1. The third-order valence-electron chi connectivity index (χ3n) is 2.05. The molecule has 1 unspecified atom stereocenters. The van der Waals surface area contributed by atoms with Crippen molar-refractivity contribution in [1.82, 2.24) is 9.97 Å². The molecule has 0 aliphatic rings. The Bertz CT molecular complexity index is 322. The third-order valence-corrected chi connectivity index (χ3v) is 2.05. The molecule has 0 aliphatic carbocycles. The van der Waals surface area contributed by atoms with Gasteiger partial charge in [-0.2, -0.15) is 0 Å². The van der Waals surface area contributed by atoms with Gasteiger partial charge >= 0.3 is 5.97 Å². The molecule has 15 heavy (non-hydrogen) atoms. The van der Waals surface area contributed by atoms with Crippen LogP contribution in [0.15, 0.2) is 6.20 Å². The summed E-state index contributed by atoms with van der Waals surface area (Å²) >= 11 is 0. The molecule has 1 rings (SSSR count). The number of nitrogens with one attached hydrogen (secondary N) is 1. The van der Waals surface area contributed by atoms with Gasteiger partial charge in [0.1, 0.15) is 11.9 Å². The monoisotopic (exact) mass is 211 g/mol. The van der Waals surface area contributed by atoms with Gasteiger partial charge < -0.3 is 15.5 Å². The van der Waals surface area contributed by atoms with Gasteiger partial charge in [0, 0.05) is 24.7 Å². The van der Waals surface area contributed by atoms with Crippen molar-refractivity contribution in [1.29, 1.82) is 0 Å². The quantitative estimate of drug-likeness (QED) is 0.691. The van der Waals surface area contributed by atoms with Crippen molar-refractivity contribution in [2.75, 3.05) is 6.61 Å². The molecular formula is C10H17N3O2. The number of aryl methyl sites for hydroxylation is 1. The van der Waals surface area contributed by atoms with E-state index in [0.29, 0.717) is 13.0 Å². The summed E-state index contributed by atoms with van der Waals surface area (Å²) in [4.78, 5) is 18.5. The van der Waals surface area contributed by atoms with Gasteiger partial charge in [-0.05, 0) is 6.92 Å². The Morgan fingerprint density at radius 1 is 1.67 bits per heavy atom. The highest BCUT2D eigenvalue weighted by Gasteiger charge is 2.15. The van der Waals surface area contributed by atoms with Gasteiger partial charge in [0.25, 0.3) is 0 Å². The topological polar surface area (TPSA) is 81.0 Å². The average Bonchev–Trinajstić information content (AvgIpc) is 2.66. The summed E-state index contributed by atoms with van der Waals surface area (Å²) in [6.45, 7) is 4.12. The van der Waals surface area contributed by atoms with E-state index in [1.54, 1.807) is 13.1 Å². The van der Waals surface area contributed by atoms with Crippen LogP contribution in [0.4, 0.5) is 0 Å². The van der Waals surface area contributed by atoms with E-state index >= 15 is 0 Å². The number of nitrogens with zero attached hydrogens (tertiary/aromatic N) is 1. The predicted octanol–water partition coefficient (Wildman–Crippen LogP) is 0.405. The molecular weight excluding hydrogens is 194 g/mol. The first-order valence-electron chi connectivity index (χ1n) is 5.12. The summed E-state index contributed by atoms with van der Waals surface area (Å²) in [5.74, 6) is 0.534. The fourth-order valence-electron chi connectivity index (χ4n) is 1.26. The normalized spacial score (nSPS) is 12.5. The Labute approximate surface area is 89.0 Å². The molecule has 0 aliphatic heterocycles. The van der Waals surface area contributed by atoms with Gasteiger partial charge in [0.05, 0.1) is 6.61 Å². The van der Waals surface area contributed by atoms with Crippen molar-refractivity contribution in [3.8, 4) is 0 Å². The number of nitrogens with two attached hydrogens (primary N) is 1. The number of ether oxygens (including phenoxy) is 1. The lowest BCUT2D eigenvalue weighted by atomic mass is 10.2. The van der Waals surface area contributed by atoms with Gasteiger partial charge in [-0.1, -0.05) is 6.92 Å². The number of aromatic amines is 1. The molecule has 0 amide bonds. The van der Waals surface area contributed by atoms with Crippen molar-refractivity contribution in [2.24, 2.45) is 5.73 Å². The number of hydrogen-bond donors (Lipinski definition) is 2. The number of carbonyl (C=O) groups excluding carboxylic acids is 1. The number of esters is 1. The second kappa shape index (κ2) is 5.50. The van der Waals surface area contributed by atoms with Crippen LogP contribution in [-0.4, -0.2) is 28.6 Å². The zero-order chi connectivity index (χ0) is 11.3. The first-order chi connectivity index (χ1) is 7.17. The average molecular weight is 211 g/mol. The SMILES string of the molecule is CCOC(=O)C(N)Cc1cnc(CC)[nH]1. The maximum absolute atomic E-state index is 11.2. The lowest BCUT2D eigenvalue weighted by Crippen LogP contribution is -2.34. The van der Waals surface area contributed by atoms with Crippen LogP contribution in [0.5, 0.6) is 0 Å². The van der Waals surface area contributed by atoms with Crippen LogP contribution in [0.1, 0.15) is 25.4 Å². The van der Waals surface area contributed by atoms with E-state index in [0.717, 1.165) is 17.9 Å². The molecule has 0 fully saturated rings. The lowest BCUT2D eigenvalue weighted by Gasteiger charge is -2.08. The molecule has 1 aromatic rings. The molecule has 3 N–H and O–H groups in total. The second-order valence-electron chi connectivity index (χ2n) is 3.27. The summed E-state index contributed by atoms with van der Waals surface area (Å²) in [5, 5.41) is 0. The molecule has 5 heteroatoms. The Morgan fingerprint density at radius 2 is 2.40 bits per heavy atom. The minimum absolute atomic E-state index is 0.357. The number of rotatable bonds is 5. The lowest BCUT2D eigenvalue weighted by molar-refractivity contribution is -0.144. The van der Waals surface area contributed by atoms with Crippen LogP contribution in [0, 0.1) is 0 Å². The zero-order valence-electron chi connectivity index (χ0n) is 9.12. The summed E-state index contributed by atoms with van der Waals surface area (Å²) < 4.78 is 4.81. The fraction of sp³-hybridized carbons (Fsp3) is 0.600. The number of hydrogen-bond acceptors (Lipinski definition) is 4. The number of carbonyl (C=O) groups is 1. The highest BCUT2D eigenvalue weighted by molar-refractivity contribution is 5.75. The first-order valence-corrected chi connectivity index (χ1v) is 5.12. The standard InChI is InChI=1S/C10H17N3O2/c1-3-9-12-6-7(13-9)5-8(11)10(14)15-4-2/h6,8H,3-5,11H2,1-2H3,(H,12,13). The zero-order valence-corrected chi connectivity index (χ0v) is 9.12. The molecule has 0 spiro atoms. The van der Waals surface area contributed by atoms with Crippen LogP contribution in [0.3, 0.4) is 0 Å². The van der Waals surface area contributed by atoms with E-state index in [2.05, 4.69) is 9.97 Å². The second-order valence-corrected chi connectivity index (χ2v) is 3.27. The van der Waals surface area contributed by atoms with Crippen molar-refractivity contribution in [3.05, 3.63) is 17.7 Å². The molecule has 5 nitrogen and oxygen atoms in total. The summed E-state index contributed by atoms with van der Waals surface area (Å²) in [6, 6.07) is -0.616. The van der Waals surface area contributed by atoms with Crippen molar-refractivity contribution < 1.29 is 9.53 Å². The van der Waals surface area contributed by atoms with Gasteiger partial charge in [0.2, 0.25) is 0 Å². The Hall–Kier alpha value is -1.36. The van der Waals surface area contributed by atoms with Gasteiger partial charge in [-0.25, -0.2) is 4.98 Å². The summed E-state index contributed by atoms with van der Waals surface area (Å²) in [7, 11) is 0. The Kier molecular flexibility index (Phi) is 4.30. The molecule has 0 saturated carbocycles. The van der Waals surface area contributed by atoms with E-state index in [4.69, 9.17) is 10.5 Å². The summed E-state index contributed by atoms with van der Waals surface area (Å²) in [6.07, 6.45) is 2.98. The van der Waals surface area contributed by atoms with Gasteiger partial charge in [-0.15, -0.1) is 0 Å². The first kappa shape index (κ1) is 11.7. The van der Waals surface area contributed by atoms with E-state index < -0.39 is 6.04 Å². The van der Waals surface area contributed by atoms with Crippen LogP contribution in [-0.2, 0) is 22.4 Å². The Balaban J connectivity index is 2.50. The highest BCUT2D eigenvalue weighted by Crippen LogP contribution is 2.02. The molecule has 0 aromatic carbocycles. The van der Waals surface area contributed by atoms with Crippen LogP contribution >= 0.6 is 0 Å². The number of aromatic nitrogens is 2. The highest BCUT2D eigenvalue weighted by atomic mass is 16.5. The molecule has 1 heterocycles. The molecule has 1 atom stereocenters. The van der Waals surface area contributed by atoms with E-state index in [1.165, 1.54) is 0 Å². The summed E-state index contributed by atoms with van der Waals surface area (Å²) in [5.41, 5.74) is 6.53. The molecule has 1 aromatic heterocycles. The van der Waals surface area contributed by atoms with Crippen molar-refractivity contribution in [2.45, 2.75) is 32.7 Å². The Morgan fingerprint density at radius 3 is 2.93 bits per heavy atom. The fourth-order valence-corrected chi connectivity index (χ4v) is 1.26. The number of H-pyrrole nitrogens is 1. The third kappa shape index (κ3) is 3.36. The minimum atomic E-state index is -0.616. The molecule has 0 bridgehead atoms. The minimum Gasteiger partial charge on any atom is -0.465 e. The molecule has 0 saturated heterocycles. The van der Waals surface area contributed by atoms with E-state index in [1.807, 2.05) is 6.92 Å². The van der Waals surface area contributed by atoms with Crippen LogP contribution < -0.4 is 5.73 Å². The van der Waals surface area contributed by atoms with Gasteiger partial charge in [-0.3, -0.25) is 4.79 Å².